The molecule has 47 heavy (non-hydrogen) atoms. The molecule has 0 radical (unpaired) electrons. The van der Waals surface area contributed by atoms with Crippen molar-refractivity contribution in [1.29, 1.82) is 0 Å². The van der Waals surface area contributed by atoms with E-state index >= 15 is 0 Å². The first-order chi connectivity index (χ1) is 22.7. The summed E-state index contributed by atoms with van der Waals surface area (Å²) in [5, 5.41) is 2.64. The van der Waals surface area contributed by atoms with E-state index in [-0.39, 0.29) is 17.7 Å². The fraction of sp³-hybridized carbons (Fsp3) is 0.182. The minimum absolute atomic E-state index is 0.0143. The Morgan fingerprint density at radius 2 is 1.36 bits per heavy atom. The number of rotatable bonds is 1. The Kier molecular flexibility index (Phi) is 5.12. The molecule has 2 aliphatic heterocycles. The van der Waals surface area contributed by atoms with E-state index in [9.17, 15) is 0 Å². The zero-order valence-electron chi connectivity index (χ0n) is 27.9. The molecule has 0 spiro atoms. The van der Waals surface area contributed by atoms with Gasteiger partial charge in [-0.2, -0.15) is 0 Å². The molecule has 1 aliphatic carbocycles. The second-order valence-corrected chi connectivity index (χ2v) is 15.4. The molecule has 0 N–H and O–H groups in total. The number of fused-ring (bicyclic) bond motifs is 11. The number of hydrogen-bond donors (Lipinski definition) is 0. The standard InChI is InChI=1S/C44H37BN2/c1-26-14-7-11-20-36(26)47-42-32(23-22-30-28-15-8-10-18-34(28)44(5,6)39(30)42)33-24-27(43(2,3)4)25-38-40(33)45(47)35-19-13-17-31-29-16-9-12-21-37(29)46(38)41(31)35/h7-25H,1-6H3. The summed E-state index contributed by atoms with van der Waals surface area (Å²) >= 11 is 0. The van der Waals surface area contributed by atoms with Gasteiger partial charge in [0.2, 0.25) is 0 Å². The number of aryl methyl sites for hydroxylation is 1. The third-order valence-corrected chi connectivity index (χ3v) is 11.4. The van der Waals surface area contributed by atoms with Crippen LogP contribution in [0.3, 0.4) is 0 Å². The lowest BCUT2D eigenvalue weighted by Gasteiger charge is -2.45. The average molecular weight is 605 g/mol. The maximum Gasteiger partial charge on any atom is 0.333 e. The zero-order chi connectivity index (χ0) is 32.0. The smallest absolute Gasteiger partial charge is 0.333 e. The minimum atomic E-state index is -0.157. The molecule has 0 saturated carbocycles. The quantitative estimate of drug-likeness (QED) is 0.169. The van der Waals surface area contributed by atoms with E-state index in [1.807, 2.05) is 0 Å². The monoisotopic (exact) mass is 604 g/mol. The van der Waals surface area contributed by atoms with E-state index in [1.54, 1.807) is 0 Å². The fourth-order valence-electron chi connectivity index (χ4n) is 9.24. The minimum Gasteiger partial charge on any atom is -0.376 e. The third kappa shape index (κ3) is 3.32. The average Bonchev–Trinajstić information content (AvgIpc) is 3.53. The van der Waals surface area contributed by atoms with E-state index in [1.165, 1.54) is 94.3 Å². The number of anilines is 2. The summed E-state index contributed by atoms with van der Waals surface area (Å²) in [5.41, 5.74) is 20.1. The van der Waals surface area contributed by atoms with E-state index in [2.05, 4.69) is 166 Å². The lowest BCUT2D eigenvalue weighted by Crippen LogP contribution is -2.61. The number of para-hydroxylation sites is 3. The lowest BCUT2D eigenvalue weighted by molar-refractivity contribution is 0.590. The maximum absolute atomic E-state index is 2.73. The largest absolute Gasteiger partial charge is 0.376 e. The molecule has 3 heterocycles. The molecule has 3 heteroatoms. The third-order valence-electron chi connectivity index (χ3n) is 11.4. The Hall–Kier alpha value is -5.02. The van der Waals surface area contributed by atoms with Crippen LogP contribution >= 0.6 is 0 Å². The van der Waals surface area contributed by atoms with Crippen LogP contribution < -0.4 is 15.7 Å². The number of nitrogens with zero attached hydrogens (tertiary/aromatic N) is 2. The van der Waals surface area contributed by atoms with Gasteiger partial charge in [0, 0.05) is 38.8 Å². The van der Waals surface area contributed by atoms with Crippen molar-refractivity contribution in [2.45, 2.75) is 52.4 Å². The first kappa shape index (κ1) is 27.1. The highest BCUT2D eigenvalue weighted by atomic mass is 15.1. The van der Waals surface area contributed by atoms with Crippen LogP contribution in [0.25, 0.3) is 49.7 Å². The van der Waals surface area contributed by atoms with E-state index < -0.39 is 0 Å². The van der Waals surface area contributed by atoms with E-state index in [0.717, 1.165) is 0 Å². The van der Waals surface area contributed by atoms with Gasteiger partial charge < -0.3 is 9.38 Å². The summed E-state index contributed by atoms with van der Waals surface area (Å²) in [6.45, 7) is 14.2. The van der Waals surface area contributed by atoms with Crippen LogP contribution in [0.15, 0.2) is 115 Å². The second kappa shape index (κ2) is 8.86. The van der Waals surface area contributed by atoms with Gasteiger partial charge in [-0.15, -0.1) is 0 Å². The Labute approximate surface area is 277 Å². The molecule has 0 saturated heterocycles. The molecule has 1 aromatic heterocycles. The molecule has 226 valence electrons. The Morgan fingerprint density at radius 3 is 2.19 bits per heavy atom. The van der Waals surface area contributed by atoms with Crippen molar-refractivity contribution in [3.63, 3.8) is 0 Å². The van der Waals surface area contributed by atoms with Crippen LogP contribution in [-0.2, 0) is 10.8 Å². The predicted molar refractivity (Wildman–Crippen MR) is 201 cm³/mol. The molecule has 2 nitrogen and oxygen atoms in total. The SMILES string of the molecule is Cc1ccccc1N1B2c3c(cc(C(C)(C)C)cc3-n3c4ccccc4c4cccc2c43)-c2ccc3c(c21)C(C)(C)c1ccccc1-3. The van der Waals surface area contributed by atoms with Crippen molar-refractivity contribution >= 4 is 51.0 Å². The molecule has 0 fully saturated rings. The van der Waals surface area contributed by atoms with Crippen LogP contribution in [0.1, 0.15) is 56.9 Å². The molecular weight excluding hydrogens is 567 g/mol. The maximum atomic E-state index is 2.73. The van der Waals surface area contributed by atoms with Gasteiger partial charge in [0.05, 0.1) is 11.0 Å². The van der Waals surface area contributed by atoms with Gasteiger partial charge in [-0.1, -0.05) is 132 Å². The van der Waals surface area contributed by atoms with Crippen molar-refractivity contribution in [2.24, 2.45) is 0 Å². The van der Waals surface area contributed by atoms with Crippen molar-refractivity contribution < 1.29 is 0 Å². The van der Waals surface area contributed by atoms with Gasteiger partial charge in [-0.25, -0.2) is 0 Å². The molecule has 3 aliphatic rings. The molecule has 0 amide bonds. The van der Waals surface area contributed by atoms with Crippen LogP contribution in [0.2, 0.25) is 0 Å². The number of aromatic nitrogens is 1. The highest BCUT2D eigenvalue weighted by Crippen LogP contribution is 2.57. The highest BCUT2D eigenvalue weighted by Gasteiger charge is 2.48. The van der Waals surface area contributed by atoms with Crippen molar-refractivity contribution in [2.75, 3.05) is 4.81 Å². The molecule has 0 atom stereocenters. The summed E-state index contributed by atoms with van der Waals surface area (Å²) < 4.78 is 2.58. The van der Waals surface area contributed by atoms with Crippen molar-refractivity contribution in [1.82, 2.24) is 4.57 Å². The molecule has 0 unspecified atom stereocenters. The van der Waals surface area contributed by atoms with Crippen LogP contribution in [0, 0.1) is 6.92 Å². The molecule has 0 bridgehead atoms. The number of hydrogen-bond acceptors (Lipinski definition) is 1. The van der Waals surface area contributed by atoms with E-state index in [4.69, 9.17) is 0 Å². The van der Waals surface area contributed by atoms with Gasteiger partial charge in [0.25, 0.3) is 0 Å². The summed E-state index contributed by atoms with van der Waals surface area (Å²) in [6.07, 6.45) is 0. The molecule has 6 aromatic carbocycles. The summed E-state index contributed by atoms with van der Waals surface area (Å²) in [5.74, 6) is 0. The van der Waals surface area contributed by atoms with Gasteiger partial charge in [-0.05, 0) is 80.4 Å². The van der Waals surface area contributed by atoms with Crippen LogP contribution in [-0.4, -0.2) is 11.4 Å². The van der Waals surface area contributed by atoms with Crippen LogP contribution in [0.5, 0.6) is 0 Å². The van der Waals surface area contributed by atoms with Gasteiger partial charge in [-0.3, -0.25) is 0 Å². The van der Waals surface area contributed by atoms with E-state index in [0.29, 0.717) is 0 Å². The molecule has 10 rings (SSSR count). The topological polar surface area (TPSA) is 8.17 Å². The zero-order valence-corrected chi connectivity index (χ0v) is 27.9. The van der Waals surface area contributed by atoms with Gasteiger partial charge in [0.15, 0.2) is 0 Å². The van der Waals surface area contributed by atoms with Crippen LogP contribution in [0.4, 0.5) is 11.4 Å². The Balaban J connectivity index is 1.44. The summed E-state index contributed by atoms with van der Waals surface area (Å²) in [6, 6.07) is 43.9. The van der Waals surface area contributed by atoms with Gasteiger partial charge in [0.1, 0.15) is 0 Å². The number of benzene rings is 6. The summed E-state index contributed by atoms with van der Waals surface area (Å²) in [7, 11) is 0. The molecular formula is C44H37BN2. The Morgan fingerprint density at radius 1 is 0.638 bits per heavy atom. The van der Waals surface area contributed by atoms with Crippen molar-refractivity contribution in [3.8, 4) is 27.9 Å². The first-order valence-electron chi connectivity index (χ1n) is 17.0. The second-order valence-electron chi connectivity index (χ2n) is 15.4. The summed E-state index contributed by atoms with van der Waals surface area (Å²) in [4.78, 5) is 2.73. The Bertz CT molecular complexity index is 2510. The lowest BCUT2D eigenvalue weighted by atomic mass is 9.43. The van der Waals surface area contributed by atoms with Crippen molar-refractivity contribution in [3.05, 3.63) is 138 Å². The highest BCUT2D eigenvalue weighted by molar-refractivity contribution is 6.93. The first-order valence-corrected chi connectivity index (χ1v) is 17.0. The normalized spacial score (nSPS) is 15.1. The predicted octanol–water partition coefficient (Wildman–Crippen LogP) is 9.93. The fourth-order valence-corrected chi connectivity index (χ4v) is 9.24. The molecule has 7 aromatic rings. The van der Waals surface area contributed by atoms with Gasteiger partial charge >= 0.3 is 6.85 Å².